The second-order valence-corrected chi connectivity index (χ2v) is 6.71. The lowest BCUT2D eigenvalue weighted by Crippen LogP contribution is -2.41. The lowest BCUT2D eigenvalue weighted by atomic mass is 10.2. The summed E-state index contributed by atoms with van der Waals surface area (Å²) in [5.74, 6) is -0.267. The van der Waals surface area contributed by atoms with Gasteiger partial charge < -0.3 is 10.2 Å². The first kappa shape index (κ1) is 14.8. The van der Waals surface area contributed by atoms with Crippen molar-refractivity contribution < 1.29 is 9.59 Å². The van der Waals surface area contributed by atoms with Gasteiger partial charge in [-0.2, -0.15) is 16.6 Å². The second-order valence-electron chi connectivity index (χ2n) is 5.02. The Labute approximate surface area is 135 Å². The van der Waals surface area contributed by atoms with E-state index in [0.717, 1.165) is 5.56 Å². The molecule has 0 spiro atoms. The Morgan fingerprint density at radius 2 is 2.36 bits per heavy atom. The van der Waals surface area contributed by atoms with Gasteiger partial charge in [-0.15, -0.1) is 11.3 Å². The van der Waals surface area contributed by atoms with E-state index >= 15 is 0 Å². The molecule has 0 bridgehead atoms. The second kappa shape index (κ2) is 6.30. The molecule has 0 aliphatic carbocycles. The molecule has 7 heteroatoms. The SMILES string of the molecule is N#Cc1cc(CN2CC[C@H](NC(=O)c3ccsc3)C2=O)cs1. The van der Waals surface area contributed by atoms with Crippen molar-refractivity contribution in [2.45, 2.75) is 19.0 Å². The molecular formula is C15H13N3O2S2. The summed E-state index contributed by atoms with van der Waals surface area (Å²) in [4.78, 5) is 26.7. The molecule has 22 heavy (non-hydrogen) atoms. The number of hydrogen-bond donors (Lipinski definition) is 1. The van der Waals surface area contributed by atoms with E-state index in [1.165, 1.54) is 22.7 Å². The van der Waals surface area contributed by atoms with Crippen molar-refractivity contribution >= 4 is 34.5 Å². The van der Waals surface area contributed by atoms with Gasteiger partial charge in [0.2, 0.25) is 5.91 Å². The van der Waals surface area contributed by atoms with Crippen LogP contribution in [0, 0.1) is 11.3 Å². The molecular weight excluding hydrogens is 318 g/mol. The Kier molecular flexibility index (Phi) is 4.22. The van der Waals surface area contributed by atoms with E-state index in [1.807, 2.05) is 10.8 Å². The summed E-state index contributed by atoms with van der Waals surface area (Å²) in [6.45, 7) is 1.10. The fourth-order valence-corrected chi connectivity index (χ4v) is 3.73. The summed E-state index contributed by atoms with van der Waals surface area (Å²) in [5, 5.41) is 17.1. The molecule has 3 heterocycles. The number of rotatable bonds is 4. The average Bonchev–Trinajstić information content (AvgIpc) is 3.24. The van der Waals surface area contributed by atoms with Gasteiger partial charge in [0.15, 0.2) is 0 Å². The van der Waals surface area contributed by atoms with Gasteiger partial charge in [0.05, 0.1) is 5.56 Å². The zero-order chi connectivity index (χ0) is 15.5. The Bertz CT molecular complexity index is 730. The third-order valence-electron chi connectivity index (χ3n) is 3.52. The third kappa shape index (κ3) is 3.03. The maximum Gasteiger partial charge on any atom is 0.252 e. The molecule has 2 aromatic rings. The smallest absolute Gasteiger partial charge is 0.252 e. The van der Waals surface area contributed by atoms with Crippen LogP contribution in [0.2, 0.25) is 0 Å². The number of likely N-dealkylation sites (tertiary alicyclic amines) is 1. The van der Waals surface area contributed by atoms with Crippen LogP contribution in [0.3, 0.4) is 0 Å². The van der Waals surface area contributed by atoms with Crippen LogP contribution < -0.4 is 5.32 Å². The molecule has 3 rings (SSSR count). The largest absolute Gasteiger partial charge is 0.340 e. The zero-order valence-electron chi connectivity index (χ0n) is 11.6. The first-order chi connectivity index (χ1) is 10.7. The molecule has 2 aromatic heterocycles. The number of nitrogens with zero attached hydrogens (tertiary/aromatic N) is 2. The standard InChI is InChI=1S/C15H13N3O2S2/c16-6-12-5-10(8-22-12)7-18-3-1-13(15(18)20)17-14(19)11-2-4-21-9-11/h2,4-5,8-9,13H,1,3,7H2,(H,17,19)/t13-/m0/s1. The fraction of sp³-hybridized carbons (Fsp3) is 0.267. The molecule has 5 nitrogen and oxygen atoms in total. The highest BCUT2D eigenvalue weighted by Gasteiger charge is 2.32. The molecule has 0 unspecified atom stereocenters. The average molecular weight is 331 g/mol. The van der Waals surface area contributed by atoms with Crippen molar-refractivity contribution in [1.29, 1.82) is 5.26 Å². The van der Waals surface area contributed by atoms with Gasteiger partial charge in [0.25, 0.3) is 5.91 Å². The monoisotopic (exact) mass is 331 g/mol. The van der Waals surface area contributed by atoms with Crippen molar-refractivity contribution in [3.63, 3.8) is 0 Å². The van der Waals surface area contributed by atoms with Crippen LogP contribution >= 0.6 is 22.7 Å². The number of carbonyl (C=O) groups excluding carboxylic acids is 2. The Morgan fingerprint density at radius 1 is 1.50 bits per heavy atom. The number of nitriles is 1. The topological polar surface area (TPSA) is 73.2 Å². The van der Waals surface area contributed by atoms with E-state index in [1.54, 1.807) is 22.4 Å². The van der Waals surface area contributed by atoms with Crippen molar-refractivity contribution in [3.8, 4) is 6.07 Å². The van der Waals surface area contributed by atoms with Crippen LogP contribution in [-0.2, 0) is 11.3 Å². The molecule has 1 fully saturated rings. The molecule has 0 saturated carbocycles. The number of amides is 2. The highest BCUT2D eigenvalue weighted by molar-refractivity contribution is 7.10. The molecule has 112 valence electrons. The van der Waals surface area contributed by atoms with Crippen molar-refractivity contribution in [2.75, 3.05) is 6.54 Å². The van der Waals surface area contributed by atoms with Gasteiger partial charge >= 0.3 is 0 Å². The molecule has 0 aromatic carbocycles. The van der Waals surface area contributed by atoms with Crippen molar-refractivity contribution in [1.82, 2.24) is 10.2 Å². The molecule has 1 saturated heterocycles. The van der Waals surface area contributed by atoms with Crippen LogP contribution in [0.1, 0.15) is 27.2 Å². The maximum atomic E-state index is 12.3. The summed E-state index contributed by atoms with van der Waals surface area (Å²) in [7, 11) is 0. The number of nitrogens with one attached hydrogen (secondary N) is 1. The highest BCUT2D eigenvalue weighted by Crippen LogP contribution is 2.19. The first-order valence-electron chi connectivity index (χ1n) is 6.77. The highest BCUT2D eigenvalue weighted by atomic mass is 32.1. The zero-order valence-corrected chi connectivity index (χ0v) is 13.2. The van der Waals surface area contributed by atoms with Gasteiger partial charge in [0, 0.05) is 18.5 Å². The van der Waals surface area contributed by atoms with Crippen LogP contribution in [0.4, 0.5) is 0 Å². The minimum Gasteiger partial charge on any atom is -0.340 e. The van der Waals surface area contributed by atoms with Gasteiger partial charge in [-0.05, 0) is 34.9 Å². The van der Waals surface area contributed by atoms with Gasteiger partial charge in [-0.3, -0.25) is 9.59 Å². The molecule has 1 atom stereocenters. The fourth-order valence-electron chi connectivity index (χ4n) is 2.40. The quantitative estimate of drug-likeness (QED) is 0.933. The van der Waals surface area contributed by atoms with Crippen LogP contribution in [0.25, 0.3) is 0 Å². The number of carbonyl (C=O) groups is 2. The lowest BCUT2D eigenvalue weighted by Gasteiger charge is -2.16. The van der Waals surface area contributed by atoms with Crippen molar-refractivity contribution in [3.05, 3.63) is 44.3 Å². The summed E-state index contributed by atoms with van der Waals surface area (Å²) in [6.07, 6.45) is 0.615. The normalized spacial score (nSPS) is 17.5. The molecule has 1 aliphatic heterocycles. The summed E-state index contributed by atoms with van der Waals surface area (Å²) < 4.78 is 0. The van der Waals surface area contributed by atoms with E-state index in [9.17, 15) is 9.59 Å². The molecule has 2 amide bonds. The summed E-state index contributed by atoms with van der Waals surface area (Å²) in [6, 6.07) is 5.18. The first-order valence-corrected chi connectivity index (χ1v) is 8.59. The number of thiophene rings is 2. The van der Waals surface area contributed by atoms with Crippen molar-refractivity contribution in [2.24, 2.45) is 0 Å². The van der Waals surface area contributed by atoms with Gasteiger partial charge in [0.1, 0.15) is 17.0 Å². The van der Waals surface area contributed by atoms with E-state index < -0.39 is 6.04 Å². The predicted molar refractivity (Wildman–Crippen MR) is 84.6 cm³/mol. The molecule has 1 N–H and O–H groups in total. The van der Waals surface area contributed by atoms with E-state index in [2.05, 4.69) is 11.4 Å². The van der Waals surface area contributed by atoms with E-state index in [0.29, 0.717) is 30.0 Å². The third-order valence-corrected chi connectivity index (χ3v) is 5.09. The summed E-state index contributed by atoms with van der Waals surface area (Å²) >= 11 is 2.83. The number of hydrogen-bond acceptors (Lipinski definition) is 5. The Morgan fingerprint density at radius 3 is 3.05 bits per heavy atom. The summed E-state index contributed by atoms with van der Waals surface area (Å²) in [5.41, 5.74) is 1.55. The van der Waals surface area contributed by atoms with Crippen LogP contribution in [0.5, 0.6) is 0 Å². The Hall–Kier alpha value is -2.17. The minimum absolute atomic E-state index is 0.0618. The minimum atomic E-state index is -0.457. The van der Waals surface area contributed by atoms with Gasteiger partial charge in [-0.25, -0.2) is 0 Å². The molecule has 0 radical (unpaired) electrons. The molecule has 1 aliphatic rings. The van der Waals surface area contributed by atoms with Gasteiger partial charge in [-0.1, -0.05) is 0 Å². The predicted octanol–water partition coefficient (Wildman–Crippen LogP) is 2.21. The maximum absolute atomic E-state index is 12.3. The van der Waals surface area contributed by atoms with Crippen LogP contribution in [-0.4, -0.2) is 29.3 Å². The van der Waals surface area contributed by atoms with Crippen LogP contribution in [0.15, 0.2) is 28.3 Å². The lowest BCUT2D eigenvalue weighted by molar-refractivity contribution is -0.129. The van der Waals surface area contributed by atoms with E-state index in [4.69, 9.17) is 5.26 Å². The Balaban J connectivity index is 1.60. The van der Waals surface area contributed by atoms with E-state index in [-0.39, 0.29) is 11.8 Å².